The third-order valence-corrected chi connectivity index (χ3v) is 2.53. The molecule has 92 valence electrons. The molecule has 0 atom stereocenters. The summed E-state index contributed by atoms with van der Waals surface area (Å²) in [5.74, 6) is -0.933. The molecule has 17 heavy (non-hydrogen) atoms. The Kier molecular flexibility index (Phi) is 5.45. The maximum atomic E-state index is 13.2. The average Bonchev–Trinajstić information content (AvgIpc) is 2.25. The second-order valence-corrected chi connectivity index (χ2v) is 4.02. The summed E-state index contributed by atoms with van der Waals surface area (Å²) in [6.45, 7) is 2.06. The largest absolute Gasteiger partial charge is 0.466 e. The highest BCUT2D eigenvalue weighted by atomic mass is 35.5. The van der Waals surface area contributed by atoms with E-state index in [4.69, 9.17) is 27.9 Å². The zero-order valence-electron chi connectivity index (χ0n) is 9.17. The fourth-order valence-corrected chi connectivity index (χ4v) is 1.58. The summed E-state index contributed by atoms with van der Waals surface area (Å²) in [4.78, 5) is 11.0. The van der Waals surface area contributed by atoms with Gasteiger partial charge in [-0.3, -0.25) is 4.79 Å². The van der Waals surface area contributed by atoms with Crippen molar-refractivity contribution in [2.45, 2.75) is 13.3 Å². The maximum Gasteiger partial charge on any atom is 0.309 e. The summed E-state index contributed by atoms with van der Waals surface area (Å²) in [5, 5.41) is 0.234. The minimum atomic E-state index is -0.588. The van der Waals surface area contributed by atoms with Crippen LogP contribution in [0.25, 0.3) is 6.08 Å². The van der Waals surface area contributed by atoms with Crippen LogP contribution in [0, 0.1) is 5.82 Å². The lowest BCUT2D eigenvalue weighted by Gasteiger charge is -2.01. The van der Waals surface area contributed by atoms with Crippen LogP contribution in [-0.4, -0.2) is 12.6 Å². The second kappa shape index (κ2) is 6.62. The Morgan fingerprint density at radius 3 is 2.82 bits per heavy atom. The molecule has 0 spiro atoms. The molecule has 0 saturated carbocycles. The summed E-state index contributed by atoms with van der Waals surface area (Å²) < 4.78 is 17.9. The van der Waals surface area contributed by atoms with Crippen molar-refractivity contribution >= 4 is 35.2 Å². The summed E-state index contributed by atoms with van der Waals surface area (Å²) in [6, 6.07) is 2.65. The molecule has 0 N–H and O–H groups in total. The van der Waals surface area contributed by atoms with Crippen LogP contribution in [0.15, 0.2) is 18.2 Å². The van der Waals surface area contributed by atoms with E-state index in [1.807, 2.05) is 0 Å². The van der Waals surface area contributed by atoms with Crippen LogP contribution in [0.1, 0.15) is 18.9 Å². The van der Waals surface area contributed by atoms with Crippen molar-refractivity contribution in [3.05, 3.63) is 39.6 Å². The molecule has 0 saturated heterocycles. The van der Waals surface area contributed by atoms with Gasteiger partial charge in [-0.15, -0.1) is 0 Å². The van der Waals surface area contributed by atoms with Crippen LogP contribution < -0.4 is 0 Å². The lowest BCUT2D eigenvalue weighted by Crippen LogP contribution is -2.01. The van der Waals surface area contributed by atoms with E-state index < -0.39 is 5.82 Å². The number of carbonyl (C=O) groups excluding carboxylic acids is 1. The highest BCUT2D eigenvalue weighted by Crippen LogP contribution is 2.25. The monoisotopic (exact) mass is 276 g/mol. The standard InChI is InChI=1S/C12H11Cl2FO2/c1-2-17-11(16)5-3-4-8-6-9(13)7-10(15)12(8)14/h3-4,6-7H,2,5H2,1H3. The van der Waals surface area contributed by atoms with E-state index in [1.54, 1.807) is 13.0 Å². The normalized spacial score (nSPS) is 10.8. The van der Waals surface area contributed by atoms with Crippen molar-refractivity contribution in [1.29, 1.82) is 0 Å². The summed E-state index contributed by atoms with van der Waals surface area (Å²) in [6.07, 6.45) is 3.20. The van der Waals surface area contributed by atoms with Crippen molar-refractivity contribution < 1.29 is 13.9 Å². The van der Waals surface area contributed by atoms with Crippen molar-refractivity contribution in [3.8, 4) is 0 Å². The quantitative estimate of drug-likeness (QED) is 0.611. The van der Waals surface area contributed by atoms with Gasteiger partial charge in [0.1, 0.15) is 5.82 Å². The van der Waals surface area contributed by atoms with Gasteiger partial charge in [0, 0.05) is 5.02 Å². The first-order valence-corrected chi connectivity index (χ1v) is 5.77. The molecule has 0 radical (unpaired) electrons. The Labute approximate surface area is 109 Å². The van der Waals surface area contributed by atoms with Crippen LogP contribution in [0.5, 0.6) is 0 Å². The molecular weight excluding hydrogens is 266 g/mol. The molecule has 0 aliphatic rings. The van der Waals surface area contributed by atoms with Gasteiger partial charge in [0.05, 0.1) is 18.1 Å². The molecule has 0 amide bonds. The molecule has 0 aliphatic heterocycles. The smallest absolute Gasteiger partial charge is 0.309 e. The van der Waals surface area contributed by atoms with Gasteiger partial charge in [-0.25, -0.2) is 4.39 Å². The zero-order chi connectivity index (χ0) is 12.8. The number of hydrogen-bond donors (Lipinski definition) is 0. The molecule has 0 aromatic heterocycles. The minimum absolute atomic E-state index is 0.0190. The zero-order valence-corrected chi connectivity index (χ0v) is 10.7. The number of esters is 1. The number of rotatable bonds is 4. The molecule has 0 aliphatic carbocycles. The Hall–Kier alpha value is -1.06. The first kappa shape index (κ1) is 14.0. The maximum absolute atomic E-state index is 13.2. The van der Waals surface area contributed by atoms with E-state index >= 15 is 0 Å². The van der Waals surface area contributed by atoms with Gasteiger partial charge in [-0.05, 0) is 24.6 Å². The summed E-state index contributed by atoms with van der Waals surface area (Å²) in [7, 11) is 0. The number of ether oxygens (including phenoxy) is 1. The van der Waals surface area contributed by atoms with Gasteiger partial charge in [0.15, 0.2) is 0 Å². The van der Waals surface area contributed by atoms with E-state index in [-0.39, 0.29) is 22.4 Å². The van der Waals surface area contributed by atoms with Gasteiger partial charge in [0.2, 0.25) is 0 Å². The average molecular weight is 277 g/mol. The van der Waals surface area contributed by atoms with Crippen molar-refractivity contribution in [2.75, 3.05) is 6.61 Å². The minimum Gasteiger partial charge on any atom is -0.466 e. The highest BCUT2D eigenvalue weighted by molar-refractivity contribution is 6.34. The number of carbonyl (C=O) groups is 1. The molecule has 0 unspecified atom stereocenters. The molecule has 1 rings (SSSR count). The molecule has 5 heteroatoms. The van der Waals surface area contributed by atoms with Gasteiger partial charge in [0.25, 0.3) is 0 Å². The van der Waals surface area contributed by atoms with Gasteiger partial charge >= 0.3 is 5.97 Å². The second-order valence-electron chi connectivity index (χ2n) is 3.20. The first-order valence-electron chi connectivity index (χ1n) is 5.01. The van der Waals surface area contributed by atoms with E-state index in [0.717, 1.165) is 6.07 Å². The van der Waals surface area contributed by atoms with Crippen LogP contribution in [-0.2, 0) is 9.53 Å². The predicted octanol–water partition coefficient (Wildman–Crippen LogP) is 4.10. The van der Waals surface area contributed by atoms with Crippen molar-refractivity contribution in [1.82, 2.24) is 0 Å². The predicted molar refractivity (Wildman–Crippen MR) is 66.7 cm³/mol. The van der Waals surface area contributed by atoms with E-state index in [9.17, 15) is 9.18 Å². The van der Waals surface area contributed by atoms with Crippen molar-refractivity contribution in [2.24, 2.45) is 0 Å². The molecule has 0 heterocycles. The SMILES string of the molecule is CCOC(=O)CC=Cc1cc(Cl)cc(F)c1Cl. The lowest BCUT2D eigenvalue weighted by atomic mass is 10.2. The molecule has 0 bridgehead atoms. The summed E-state index contributed by atoms with van der Waals surface area (Å²) >= 11 is 11.4. The third-order valence-electron chi connectivity index (χ3n) is 1.91. The third kappa shape index (κ3) is 4.36. The first-order chi connectivity index (χ1) is 8.04. The Bertz CT molecular complexity index is 444. The van der Waals surface area contributed by atoms with E-state index in [1.165, 1.54) is 12.1 Å². The van der Waals surface area contributed by atoms with Crippen molar-refractivity contribution in [3.63, 3.8) is 0 Å². The van der Waals surface area contributed by atoms with Gasteiger partial charge < -0.3 is 4.74 Å². The molecule has 1 aromatic carbocycles. The van der Waals surface area contributed by atoms with E-state index in [0.29, 0.717) is 12.2 Å². The van der Waals surface area contributed by atoms with Crippen LogP contribution in [0.2, 0.25) is 10.0 Å². The van der Waals surface area contributed by atoms with Crippen LogP contribution in [0.4, 0.5) is 4.39 Å². The Morgan fingerprint density at radius 2 is 2.18 bits per heavy atom. The topological polar surface area (TPSA) is 26.3 Å². The molecule has 2 nitrogen and oxygen atoms in total. The Balaban J connectivity index is 2.74. The fraction of sp³-hybridized carbons (Fsp3) is 0.250. The Morgan fingerprint density at radius 1 is 1.47 bits per heavy atom. The summed E-state index contributed by atoms with van der Waals surface area (Å²) in [5.41, 5.74) is 0.431. The number of halogens is 3. The molecule has 0 fully saturated rings. The van der Waals surface area contributed by atoms with Gasteiger partial charge in [-0.1, -0.05) is 35.4 Å². The highest BCUT2D eigenvalue weighted by Gasteiger charge is 2.06. The van der Waals surface area contributed by atoms with E-state index in [2.05, 4.69) is 0 Å². The van der Waals surface area contributed by atoms with Crippen LogP contribution >= 0.6 is 23.2 Å². The fourth-order valence-electron chi connectivity index (χ4n) is 1.20. The number of hydrogen-bond acceptors (Lipinski definition) is 2. The molecular formula is C12H11Cl2FO2. The number of benzene rings is 1. The molecule has 1 aromatic rings. The van der Waals surface area contributed by atoms with Gasteiger partial charge in [-0.2, -0.15) is 0 Å². The van der Waals surface area contributed by atoms with Crippen LogP contribution in [0.3, 0.4) is 0 Å². The lowest BCUT2D eigenvalue weighted by molar-refractivity contribution is -0.142.